The van der Waals surface area contributed by atoms with Crippen molar-refractivity contribution in [3.05, 3.63) is 0 Å². The van der Waals surface area contributed by atoms with Crippen molar-refractivity contribution in [1.29, 1.82) is 0 Å². The largest absolute Gasteiger partial charge is 0.347 e. The highest BCUT2D eigenvalue weighted by molar-refractivity contribution is 5.75. The maximum Gasteiger partial charge on any atom is 0.347 e. The minimum Gasteiger partial charge on any atom is -0.300 e. The minimum absolute atomic E-state index is 0.370. The lowest BCUT2D eigenvalue weighted by molar-refractivity contribution is -0.566. The summed E-state index contributed by atoms with van der Waals surface area (Å²) in [4.78, 5) is 32.3. The van der Waals surface area contributed by atoms with E-state index in [1.807, 2.05) is 0 Å². The lowest BCUT2D eigenvalue weighted by Crippen LogP contribution is -2.38. The van der Waals surface area contributed by atoms with Crippen LogP contribution in [0.25, 0.3) is 0 Å². The number of unbranched alkanes of at least 4 members (excludes halogenated alkanes) is 1. The van der Waals surface area contributed by atoms with Gasteiger partial charge in [-0.15, -0.1) is 0 Å². The van der Waals surface area contributed by atoms with Crippen LogP contribution in [0.5, 0.6) is 0 Å². The van der Waals surface area contributed by atoms with E-state index in [0.29, 0.717) is 12.8 Å². The Morgan fingerprint density at radius 2 is 1.24 bits per heavy atom. The predicted octanol–water partition coefficient (Wildman–Crippen LogP) is 4.39. The van der Waals surface area contributed by atoms with Crippen molar-refractivity contribution in [1.82, 2.24) is 0 Å². The molecule has 0 amide bonds. The summed E-state index contributed by atoms with van der Waals surface area (Å²) >= 11 is 0. The number of rotatable bonds is 11. The van der Waals surface area contributed by atoms with Crippen molar-refractivity contribution in [2.75, 3.05) is 0 Å². The normalized spacial score (nSPS) is 16.2. The molecule has 0 bridgehead atoms. The molecule has 0 aliphatic heterocycles. The van der Waals surface area contributed by atoms with Gasteiger partial charge in [-0.1, -0.05) is 33.6 Å². The SMILES string of the molecule is CCC(C)(OO)OOC(C)(CC)OO.CCCCC(C)(C)C(=O)OO. The molecule has 0 heterocycles. The fourth-order valence-electron chi connectivity index (χ4n) is 1.30. The van der Waals surface area contributed by atoms with Gasteiger partial charge in [-0.05, 0) is 34.1 Å². The van der Waals surface area contributed by atoms with E-state index in [4.69, 9.17) is 25.5 Å². The molecule has 0 aromatic carbocycles. The van der Waals surface area contributed by atoms with Gasteiger partial charge >= 0.3 is 5.97 Å². The van der Waals surface area contributed by atoms with Crippen molar-refractivity contribution >= 4 is 5.97 Å². The van der Waals surface area contributed by atoms with Crippen LogP contribution < -0.4 is 0 Å². The highest BCUT2D eigenvalue weighted by atomic mass is 17.3. The van der Waals surface area contributed by atoms with E-state index < -0.39 is 23.0 Å². The summed E-state index contributed by atoms with van der Waals surface area (Å²) in [6, 6.07) is 0. The van der Waals surface area contributed by atoms with Crippen LogP contribution in [0.4, 0.5) is 0 Å². The molecule has 0 aliphatic rings. The first-order chi connectivity index (χ1) is 11.5. The summed E-state index contributed by atoms with van der Waals surface area (Å²) in [5.41, 5.74) is -0.551. The summed E-state index contributed by atoms with van der Waals surface area (Å²) < 4.78 is 0. The van der Waals surface area contributed by atoms with Crippen LogP contribution in [0.15, 0.2) is 0 Å². The molecule has 0 spiro atoms. The summed E-state index contributed by atoms with van der Waals surface area (Å²) in [6.07, 6.45) is 3.51. The molecule has 0 radical (unpaired) electrons. The third-order valence-electron chi connectivity index (χ3n) is 3.86. The molecule has 2 atom stereocenters. The molecule has 0 fully saturated rings. The van der Waals surface area contributed by atoms with Gasteiger partial charge in [0, 0.05) is 12.8 Å². The average molecular weight is 370 g/mol. The molecule has 152 valence electrons. The number of hydrogen-bond acceptors (Lipinski definition) is 9. The van der Waals surface area contributed by atoms with Gasteiger partial charge in [0.1, 0.15) is 0 Å². The molecular weight excluding hydrogens is 336 g/mol. The van der Waals surface area contributed by atoms with Gasteiger partial charge < -0.3 is 4.89 Å². The average Bonchev–Trinajstić information content (AvgIpc) is 2.63. The molecule has 0 saturated heterocycles. The zero-order chi connectivity index (χ0) is 20.1. The molecule has 0 saturated carbocycles. The first kappa shape index (κ1) is 26.4. The van der Waals surface area contributed by atoms with E-state index in [2.05, 4.69) is 21.6 Å². The summed E-state index contributed by atoms with van der Waals surface area (Å²) in [5.74, 6) is -3.09. The molecule has 2 unspecified atom stereocenters. The van der Waals surface area contributed by atoms with Crippen molar-refractivity contribution in [3.8, 4) is 0 Å². The number of hydrogen-bond donors (Lipinski definition) is 3. The zero-order valence-electron chi connectivity index (χ0n) is 16.3. The summed E-state index contributed by atoms with van der Waals surface area (Å²) in [7, 11) is 0. The highest BCUT2D eigenvalue weighted by Crippen LogP contribution is 2.24. The first-order valence-corrected chi connectivity index (χ1v) is 8.37. The van der Waals surface area contributed by atoms with Crippen molar-refractivity contribution in [3.63, 3.8) is 0 Å². The Bertz CT molecular complexity index is 332. The quantitative estimate of drug-likeness (QED) is 0.276. The Balaban J connectivity index is 0. The third kappa shape index (κ3) is 10.7. The van der Waals surface area contributed by atoms with Crippen molar-refractivity contribution in [2.45, 2.75) is 92.1 Å². The van der Waals surface area contributed by atoms with Crippen LogP contribution in [0.2, 0.25) is 0 Å². The molecule has 9 heteroatoms. The second kappa shape index (κ2) is 12.5. The van der Waals surface area contributed by atoms with Crippen LogP contribution in [0.1, 0.15) is 80.6 Å². The predicted molar refractivity (Wildman–Crippen MR) is 89.0 cm³/mol. The molecule has 0 aromatic rings. The zero-order valence-corrected chi connectivity index (χ0v) is 16.3. The molecular formula is C16H34O9. The molecule has 0 aliphatic carbocycles. The second-order valence-electron chi connectivity index (χ2n) is 6.69. The summed E-state index contributed by atoms with van der Waals surface area (Å²) in [6.45, 7) is 12.0. The lowest BCUT2D eigenvalue weighted by atomic mass is 9.87. The van der Waals surface area contributed by atoms with E-state index in [-0.39, 0.29) is 0 Å². The van der Waals surface area contributed by atoms with Crippen LogP contribution in [0.3, 0.4) is 0 Å². The Kier molecular flexibility index (Phi) is 13.2. The second-order valence-corrected chi connectivity index (χ2v) is 6.69. The molecule has 9 nitrogen and oxygen atoms in total. The maximum atomic E-state index is 10.9. The monoisotopic (exact) mass is 370 g/mol. The maximum absolute atomic E-state index is 10.9. The topological polar surface area (TPSA) is 124 Å². The molecule has 0 rings (SSSR count). The Morgan fingerprint density at radius 1 is 0.840 bits per heavy atom. The highest BCUT2D eigenvalue weighted by Gasteiger charge is 2.33. The van der Waals surface area contributed by atoms with E-state index in [1.165, 1.54) is 13.8 Å². The first-order valence-electron chi connectivity index (χ1n) is 8.37. The minimum atomic E-state index is -1.27. The summed E-state index contributed by atoms with van der Waals surface area (Å²) in [5, 5.41) is 25.2. The van der Waals surface area contributed by atoms with E-state index in [0.717, 1.165) is 19.3 Å². The van der Waals surface area contributed by atoms with Crippen LogP contribution in [-0.2, 0) is 29.2 Å². The lowest BCUT2D eigenvalue weighted by Gasteiger charge is -2.29. The molecule has 3 N–H and O–H groups in total. The van der Waals surface area contributed by atoms with Gasteiger partial charge in [0.05, 0.1) is 5.41 Å². The van der Waals surface area contributed by atoms with E-state index in [9.17, 15) is 4.79 Å². The van der Waals surface area contributed by atoms with Gasteiger partial charge in [-0.2, -0.15) is 15.0 Å². The number of carbonyl (C=O) groups is 1. The standard InChI is InChI=1S/C8H18O6.C8H16O3/c1-5-7(3,11-9)13-14-8(4,6-2)12-10;1-4-5-6-8(2,3)7(9)11-10/h9-10H,5-6H2,1-4H3;10H,4-6H2,1-3H3. The third-order valence-corrected chi connectivity index (χ3v) is 3.86. The van der Waals surface area contributed by atoms with Crippen molar-refractivity contribution in [2.24, 2.45) is 5.41 Å². The van der Waals surface area contributed by atoms with Gasteiger partial charge in [0.15, 0.2) is 0 Å². The van der Waals surface area contributed by atoms with Gasteiger partial charge in [-0.3, -0.25) is 0 Å². The van der Waals surface area contributed by atoms with E-state index >= 15 is 0 Å². The van der Waals surface area contributed by atoms with Gasteiger partial charge in [0.2, 0.25) is 11.6 Å². The fraction of sp³-hybridized carbons (Fsp3) is 0.938. The smallest absolute Gasteiger partial charge is 0.300 e. The van der Waals surface area contributed by atoms with E-state index in [1.54, 1.807) is 27.7 Å². The van der Waals surface area contributed by atoms with Crippen LogP contribution >= 0.6 is 0 Å². The molecule has 0 aromatic heterocycles. The Morgan fingerprint density at radius 3 is 1.48 bits per heavy atom. The van der Waals surface area contributed by atoms with Crippen molar-refractivity contribution < 1.29 is 45.0 Å². The number of carbonyl (C=O) groups excluding carboxylic acids is 1. The van der Waals surface area contributed by atoms with Crippen LogP contribution in [0, 0.1) is 5.41 Å². The Labute approximate surface area is 149 Å². The van der Waals surface area contributed by atoms with Gasteiger partial charge in [-0.25, -0.2) is 25.1 Å². The fourth-order valence-corrected chi connectivity index (χ4v) is 1.30. The van der Waals surface area contributed by atoms with Crippen LogP contribution in [-0.4, -0.2) is 33.3 Å². The molecule has 25 heavy (non-hydrogen) atoms. The Hall–Kier alpha value is -0.810. The van der Waals surface area contributed by atoms with Gasteiger partial charge in [0.25, 0.3) is 0 Å².